The number of ketones is 1. The van der Waals surface area contributed by atoms with Crippen LogP contribution in [0.2, 0.25) is 5.02 Å². The highest BCUT2D eigenvalue weighted by molar-refractivity contribution is 7.99. The lowest BCUT2D eigenvalue weighted by Crippen LogP contribution is -2.18. The molecule has 0 bridgehead atoms. The van der Waals surface area contributed by atoms with E-state index >= 15 is 0 Å². The maximum atomic E-state index is 12.9. The SMILES string of the molecule is Cc1csc2nc(CSCC(=O)Nc3ccc(Cl)cc3C(=O)c3ccccc3)cc(=O)n12. The molecule has 9 heteroatoms. The number of nitrogens with one attached hydrogen (secondary N) is 1. The van der Waals surface area contributed by atoms with Crippen molar-refractivity contribution in [2.45, 2.75) is 12.7 Å². The molecule has 2 aromatic carbocycles. The van der Waals surface area contributed by atoms with E-state index in [0.29, 0.717) is 38.2 Å². The van der Waals surface area contributed by atoms with Crippen LogP contribution in [0.25, 0.3) is 4.96 Å². The van der Waals surface area contributed by atoms with E-state index in [0.717, 1.165) is 5.69 Å². The second kappa shape index (κ2) is 9.68. The minimum absolute atomic E-state index is 0.126. The van der Waals surface area contributed by atoms with Gasteiger partial charge in [0.1, 0.15) is 0 Å². The third-order valence-corrected chi connectivity index (χ3v) is 6.79. The molecule has 1 N–H and O–H groups in total. The number of aryl methyl sites for hydroxylation is 1. The van der Waals surface area contributed by atoms with Crippen molar-refractivity contribution in [3.63, 3.8) is 0 Å². The second-order valence-electron chi connectivity index (χ2n) is 7.01. The molecule has 0 unspecified atom stereocenters. The van der Waals surface area contributed by atoms with Gasteiger partial charge >= 0.3 is 0 Å². The van der Waals surface area contributed by atoms with Crippen LogP contribution >= 0.6 is 34.7 Å². The zero-order valence-corrected chi connectivity index (χ0v) is 19.4. The predicted molar refractivity (Wildman–Crippen MR) is 130 cm³/mol. The van der Waals surface area contributed by atoms with Crippen LogP contribution < -0.4 is 10.9 Å². The third-order valence-electron chi connectivity index (χ3n) is 4.65. The van der Waals surface area contributed by atoms with Crippen molar-refractivity contribution in [1.82, 2.24) is 9.38 Å². The zero-order valence-electron chi connectivity index (χ0n) is 17.0. The maximum absolute atomic E-state index is 12.9. The van der Waals surface area contributed by atoms with Gasteiger partial charge in [-0.25, -0.2) is 4.98 Å². The molecule has 0 fully saturated rings. The number of thioether (sulfide) groups is 1. The average molecular weight is 484 g/mol. The fourth-order valence-corrected chi connectivity index (χ4v) is 4.95. The Hall–Kier alpha value is -2.94. The highest BCUT2D eigenvalue weighted by Crippen LogP contribution is 2.24. The molecular formula is C23H18ClN3O3S2. The number of hydrogen-bond donors (Lipinski definition) is 1. The first-order valence-corrected chi connectivity index (χ1v) is 12.1. The van der Waals surface area contributed by atoms with Crippen molar-refractivity contribution in [1.29, 1.82) is 0 Å². The van der Waals surface area contributed by atoms with Crippen LogP contribution in [-0.2, 0) is 10.5 Å². The molecule has 0 saturated heterocycles. The summed E-state index contributed by atoms with van der Waals surface area (Å²) in [5.41, 5.74) is 2.59. The van der Waals surface area contributed by atoms with Gasteiger partial charge < -0.3 is 5.32 Å². The molecule has 0 aliphatic rings. The molecular weight excluding hydrogens is 466 g/mol. The van der Waals surface area contributed by atoms with E-state index in [9.17, 15) is 14.4 Å². The number of rotatable bonds is 7. The van der Waals surface area contributed by atoms with Crippen LogP contribution in [0.3, 0.4) is 0 Å². The first kappa shape index (κ1) is 22.3. The van der Waals surface area contributed by atoms with Gasteiger partial charge in [0.15, 0.2) is 10.7 Å². The quantitative estimate of drug-likeness (QED) is 0.381. The van der Waals surface area contributed by atoms with Crippen molar-refractivity contribution in [2.75, 3.05) is 11.1 Å². The number of carbonyl (C=O) groups excluding carboxylic acids is 2. The number of fused-ring (bicyclic) bond motifs is 1. The summed E-state index contributed by atoms with van der Waals surface area (Å²) < 4.78 is 1.57. The molecule has 2 aromatic heterocycles. The Morgan fingerprint density at radius 1 is 1.16 bits per heavy atom. The van der Waals surface area contributed by atoms with E-state index in [1.807, 2.05) is 18.4 Å². The van der Waals surface area contributed by atoms with Gasteiger partial charge in [0.25, 0.3) is 5.56 Å². The number of anilines is 1. The van der Waals surface area contributed by atoms with Gasteiger partial charge in [0.05, 0.1) is 17.1 Å². The Kier molecular flexibility index (Phi) is 6.74. The van der Waals surface area contributed by atoms with Gasteiger partial charge in [-0.3, -0.25) is 18.8 Å². The lowest BCUT2D eigenvalue weighted by atomic mass is 10.0. The summed E-state index contributed by atoms with van der Waals surface area (Å²) in [6.07, 6.45) is 0. The number of amides is 1. The van der Waals surface area contributed by atoms with Gasteiger partial charge in [-0.15, -0.1) is 23.1 Å². The predicted octanol–water partition coefficient (Wildman–Crippen LogP) is 4.82. The summed E-state index contributed by atoms with van der Waals surface area (Å²) in [6.45, 7) is 1.86. The molecule has 0 aliphatic heterocycles. The van der Waals surface area contributed by atoms with E-state index in [2.05, 4.69) is 10.3 Å². The molecule has 0 saturated carbocycles. The molecule has 0 atom stereocenters. The highest BCUT2D eigenvalue weighted by Gasteiger charge is 2.16. The number of carbonyl (C=O) groups is 2. The van der Waals surface area contributed by atoms with Crippen molar-refractivity contribution < 1.29 is 9.59 Å². The van der Waals surface area contributed by atoms with Crippen LogP contribution in [0.15, 0.2) is 64.8 Å². The zero-order chi connectivity index (χ0) is 22.7. The summed E-state index contributed by atoms with van der Waals surface area (Å²) in [5, 5.41) is 5.09. The molecule has 0 spiro atoms. The number of halogens is 1. The van der Waals surface area contributed by atoms with E-state index in [1.165, 1.54) is 29.2 Å². The van der Waals surface area contributed by atoms with E-state index in [-0.39, 0.29) is 23.0 Å². The largest absolute Gasteiger partial charge is 0.325 e. The molecule has 1 amide bonds. The second-order valence-corrected chi connectivity index (χ2v) is 9.27. The Bertz CT molecular complexity index is 1370. The van der Waals surface area contributed by atoms with Gasteiger partial charge in [0, 0.05) is 39.0 Å². The van der Waals surface area contributed by atoms with Gasteiger partial charge in [-0.1, -0.05) is 41.9 Å². The van der Waals surface area contributed by atoms with Crippen molar-refractivity contribution in [2.24, 2.45) is 0 Å². The normalized spacial score (nSPS) is 10.9. The van der Waals surface area contributed by atoms with Crippen molar-refractivity contribution in [3.8, 4) is 0 Å². The molecule has 0 radical (unpaired) electrons. The minimum Gasteiger partial charge on any atom is -0.325 e. The van der Waals surface area contributed by atoms with Crippen LogP contribution in [0.4, 0.5) is 5.69 Å². The monoisotopic (exact) mass is 483 g/mol. The Labute approximate surface area is 197 Å². The average Bonchev–Trinajstić information content (AvgIpc) is 3.16. The summed E-state index contributed by atoms with van der Waals surface area (Å²) in [6, 6.07) is 15.1. The minimum atomic E-state index is -0.260. The smallest absolute Gasteiger partial charge is 0.258 e. The molecule has 32 heavy (non-hydrogen) atoms. The summed E-state index contributed by atoms with van der Waals surface area (Å²) >= 11 is 8.84. The van der Waals surface area contributed by atoms with Crippen LogP contribution in [-0.4, -0.2) is 26.8 Å². The van der Waals surface area contributed by atoms with Crippen molar-refractivity contribution >= 4 is 57.0 Å². The summed E-state index contributed by atoms with van der Waals surface area (Å²) in [7, 11) is 0. The molecule has 2 heterocycles. The molecule has 4 rings (SSSR count). The lowest BCUT2D eigenvalue weighted by Gasteiger charge is -2.11. The standard InChI is InChI=1S/C23H18ClN3O3S2/c1-14-11-32-23-25-17(10-21(29)27(14)23)12-31-13-20(28)26-19-8-7-16(24)9-18(19)22(30)15-5-3-2-4-6-15/h2-11H,12-13H2,1H3,(H,26,28). The van der Waals surface area contributed by atoms with Crippen molar-refractivity contribution in [3.05, 3.63) is 97.9 Å². The van der Waals surface area contributed by atoms with E-state index in [1.54, 1.807) is 46.9 Å². The molecule has 4 aromatic rings. The van der Waals surface area contributed by atoms with Crippen LogP contribution in [0, 0.1) is 6.92 Å². The molecule has 162 valence electrons. The van der Waals surface area contributed by atoms with Gasteiger partial charge in [-0.2, -0.15) is 0 Å². The Morgan fingerprint density at radius 2 is 1.94 bits per heavy atom. The molecule has 6 nitrogen and oxygen atoms in total. The Balaban J connectivity index is 1.42. The maximum Gasteiger partial charge on any atom is 0.258 e. The van der Waals surface area contributed by atoms with E-state index in [4.69, 9.17) is 11.6 Å². The number of aromatic nitrogens is 2. The topological polar surface area (TPSA) is 80.5 Å². The van der Waals surface area contributed by atoms with Crippen LogP contribution in [0.5, 0.6) is 0 Å². The first-order chi connectivity index (χ1) is 15.4. The van der Waals surface area contributed by atoms with E-state index < -0.39 is 0 Å². The lowest BCUT2D eigenvalue weighted by molar-refractivity contribution is -0.113. The Morgan fingerprint density at radius 3 is 2.72 bits per heavy atom. The summed E-state index contributed by atoms with van der Waals surface area (Å²) in [5.74, 6) is 0.0861. The number of thiazole rings is 1. The third kappa shape index (κ3) is 4.93. The number of nitrogens with zero attached hydrogens (tertiary/aromatic N) is 2. The first-order valence-electron chi connectivity index (χ1n) is 9.66. The highest BCUT2D eigenvalue weighted by atomic mass is 35.5. The van der Waals surface area contributed by atoms with Gasteiger partial charge in [0.2, 0.25) is 5.91 Å². The fraction of sp³-hybridized carbons (Fsp3) is 0.130. The number of benzene rings is 2. The van der Waals surface area contributed by atoms with Crippen LogP contribution in [0.1, 0.15) is 27.3 Å². The fourth-order valence-electron chi connectivity index (χ4n) is 3.17. The summed E-state index contributed by atoms with van der Waals surface area (Å²) in [4.78, 5) is 42.8. The van der Waals surface area contributed by atoms with Gasteiger partial charge in [-0.05, 0) is 25.1 Å². The molecule has 0 aliphatic carbocycles. The number of hydrogen-bond acceptors (Lipinski definition) is 6.